The summed E-state index contributed by atoms with van der Waals surface area (Å²) >= 11 is 0. The van der Waals surface area contributed by atoms with E-state index in [1.807, 2.05) is 19.1 Å². The molecular formula is C59H70N8O8S. The molecule has 1 amide bonds. The molecule has 0 radical (unpaired) electrons. The van der Waals surface area contributed by atoms with Crippen LogP contribution in [-0.4, -0.2) is 101 Å². The fraction of sp³-hybridized carbons (Fsp3) is 0.458. The lowest BCUT2D eigenvalue weighted by atomic mass is 9.59. The molecule has 4 aromatic carbocycles. The summed E-state index contributed by atoms with van der Waals surface area (Å²) in [5, 5.41) is 26.5. The molecule has 5 aliphatic rings. The highest BCUT2D eigenvalue weighted by Gasteiger charge is 2.50. The van der Waals surface area contributed by atoms with Gasteiger partial charge in [0, 0.05) is 92.9 Å². The standard InChI is InChI=1S/C59H70N8O8S/c1-39(2)48-9-5-6-10-49(48)53-38-64(37-42-8-4-7-11-54(42)74-45-13-14-45)28-29-66(53)44-33-59(34-44)23-26-65(27-24-59)43-12-16-50(55(31-43)75-46-30-41-20-25-60-56(41)62-36-46)57(68)63-76(72,73)47-15-17-51(52(32-47)67(70)71)61-35-40-18-21-58(3,69)22-19-40/h4-12,15-17,20,25,30-32,36,39-40,44-45,53,61,69H,13-14,18-19,21-24,26-29,33-35,37-38H2,1-3H3,(H,60,62)(H,63,68)/t40-,53-,58-/m0/s1. The number of rotatable bonds is 17. The summed E-state index contributed by atoms with van der Waals surface area (Å²) < 4.78 is 42.7. The van der Waals surface area contributed by atoms with E-state index in [4.69, 9.17) is 9.47 Å². The van der Waals surface area contributed by atoms with Crippen molar-refractivity contribution in [3.05, 3.63) is 142 Å². The molecule has 76 heavy (non-hydrogen) atoms. The number of benzene rings is 4. The molecule has 0 unspecified atom stereocenters. The second-order valence-electron chi connectivity index (χ2n) is 22.8. The minimum absolute atomic E-state index is 0.0273. The van der Waals surface area contributed by atoms with Crippen LogP contribution in [0.3, 0.4) is 0 Å². The van der Waals surface area contributed by atoms with Crippen LogP contribution in [0.1, 0.15) is 124 Å². The SMILES string of the molecule is CC(C)c1ccccc1[C@@H]1CN(Cc2ccccc2OC2CC2)CCN1C1CC2(CCN(c3ccc(C(=O)NS(=O)(=O)c4ccc(NC[C@H]5CC[C@](C)(O)CC5)c([N+](=O)[O-])c4)c(Oc4cnc5[nH]ccc5c4)c3)CC2)C1. The summed E-state index contributed by atoms with van der Waals surface area (Å²) in [7, 11) is -4.59. The van der Waals surface area contributed by atoms with E-state index in [1.165, 1.54) is 28.8 Å². The van der Waals surface area contributed by atoms with Crippen molar-refractivity contribution in [3.63, 3.8) is 0 Å². The number of nitro benzene ring substituents is 1. The lowest BCUT2D eigenvalue weighted by molar-refractivity contribution is -0.384. The van der Waals surface area contributed by atoms with Gasteiger partial charge in [0.25, 0.3) is 21.6 Å². The molecule has 6 aromatic rings. The van der Waals surface area contributed by atoms with Crippen molar-refractivity contribution in [2.75, 3.05) is 49.5 Å². The van der Waals surface area contributed by atoms with Crippen molar-refractivity contribution >= 4 is 44.0 Å². The van der Waals surface area contributed by atoms with E-state index in [1.54, 1.807) is 30.6 Å². The number of hydrogen-bond donors (Lipinski definition) is 4. The van der Waals surface area contributed by atoms with E-state index in [0.717, 1.165) is 114 Å². The number of anilines is 2. The topological polar surface area (TPSA) is 195 Å². The van der Waals surface area contributed by atoms with Crippen LogP contribution in [0.2, 0.25) is 0 Å². The van der Waals surface area contributed by atoms with Crippen molar-refractivity contribution in [3.8, 4) is 17.2 Å². The molecule has 3 aliphatic carbocycles. The molecule has 1 spiro atoms. The summed E-state index contributed by atoms with van der Waals surface area (Å²) in [5.41, 5.74) is 4.86. The predicted octanol–water partition coefficient (Wildman–Crippen LogP) is 10.7. The van der Waals surface area contributed by atoms with Gasteiger partial charge in [-0.1, -0.05) is 56.3 Å². The van der Waals surface area contributed by atoms with Crippen LogP contribution in [0.5, 0.6) is 17.2 Å². The van der Waals surface area contributed by atoms with E-state index in [-0.39, 0.29) is 34.4 Å². The van der Waals surface area contributed by atoms with Crippen LogP contribution in [-0.2, 0) is 16.6 Å². The normalized spacial score (nSPS) is 22.4. The maximum absolute atomic E-state index is 14.1. The van der Waals surface area contributed by atoms with Gasteiger partial charge in [0.2, 0.25) is 0 Å². The van der Waals surface area contributed by atoms with Crippen LogP contribution in [0.15, 0.2) is 114 Å². The summed E-state index contributed by atoms with van der Waals surface area (Å²) in [6.07, 6.45) is 13.1. The number of aromatic amines is 1. The van der Waals surface area contributed by atoms with Crippen LogP contribution in [0.25, 0.3) is 11.0 Å². The number of carbonyl (C=O) groups is 1. The number of hydrogen-bond acceptors (Lipinski definition) is 13. The Kier molecular flexibility index (Phi) is 14.3. The Labute approximate surface area is 445 Å². The average molecular weight is 1050 g/mol. The first-order valence-electron chi connectivity index (χ1n) is 27.2. The summed E-state index contributed by atoms with van der Waals surface area (Å²) in [4.78, 5) is 40.6. The number of H-pyrrole nitrogens is 1. The first-order valence-corrected chi connectivity index (χ1v) is 28.7. The number of carbonyl (C=O) groups excluding carboxylic acids is 1. The van der Waals surface area contributed by atoms with Gasteiger partial charge in [0.1, 0.15) is 28.6 Å². The summed E-state index contributed by atoms with van der Waals surface area (Å²) in [5.74, 6) is 1.19. The molecule has 17 heteroatoms. The number of sulfonamides is 1. The van der Waals surface area contributed by atoms with Crippen molar-refractivity contribution in [2.24, 2.45) is 11.3 Å². The maximum Gasteiger partial charge on any atom is 0.293 e. The van der Waals surface area contributed by atoms with E-state index >= 15 is 0 Å². The number of piperazine rings is 1. The number of nitrogens with zero attached hydrogens (tertiary/aromatic N) is 5. The Morgan fingerprint density at radius 1 is 0.908 bits per heavy atom. The largest absolute Gasteiger partial charge is 0.490 e. The average Bonchev–Trinajstić information content (AvgIpc) is 4.10. The van der Waals surface area contributed by atoms with E-state index < -0.39 is 37.0 Å². The Balaban J connectivity index is 0.778. The van der Waals surface area contributed by atoms with E-state index in [9.17, 15) is 28.4 Å². The molecule has 0 bridgehead atoms. The van der Waals surface area contributed by atoms with Crippen molar-refractivity contribution in [1.82, 2.24) is 24.5 Å². The predicted molar refractivity (Wildman–Crippen MR) is 294 cm³/mol. The van der Waals surface area contributed by atoms with Gasteiger partial charge in [-0.25, -0.2) is 18.1 Å². The van der Waals surface area contributed by atoms with Gasteiger partial charge in [0.15, 0.2) is 0 Å². The lowest BCUT2D eigenvalue weighted by Crippen LogP contribution is -2.60. The van der Waals surface area contributed by atoms with E-state index in [2.05, 4.69) is 97.1 Å². The smallest absolute Gasteiger partial charge is 0.293 e. The summed E-state index contributed by atoms with van der Waals surface area (Å²) in [6.45, 7) is 12.3. The Morgan fingerprint density at radius 3 is 2.43 bits per heavy atom. The Bertz CT molecular complexity index is 3200. The van der Waals surface area contributed by atoms with Gasteiger partial charge in [-0.3, -0.25) is 24.7 Å². The Morgan fingerprint density at radius 2 is 1.67 bits per heavy atom. The number of piperidine rings is 1. The molecule has 11 rings (SSSR count). The fourth-order valence-electron chi connectivity index (χ4n) is 12.3. The molecular weight excluding hydrogens is 981 g/mol. The quantitative estimate of drug-likeness (QED) is 0.0498. The number of nitro groups is 1. The minimum Gasteiger partial charge on any atom is -0.490 e. The molecule has 2 saturated heterocycles. The number of ether oxygens (including phenoxy) is 2. The molecule has 1 atom stereocenters. The van der Waals surface area contributed by atoms with E-state index in [0.29, 0.717) is 48.8 Å². The number of aliphatic hydroxyl groups is 1. The number of aromatic nitrogens is 2. The van der Waals surface area contributed by atoms with Gasteiger partial charge in [-0.05, 0) is 142 Å². The molecule has 2 aliphatic heterocycles. The monoisotopic (exact) mass is 1050 g/mol. The highest BCUT2D eigenvalue weighted by molar-refractivity contribution is 7.90. The minimum atomic E-state index is -4.59. The van der Waals surface area contributed by atoms with Gasteiger partial charge in [0.05, 0.1) is 33.3 Å². The maximum atomic E-state index is 14.1. The molecule has 3 saturated carbocycles. The van der Waals surface area contributed by atoms with Crippen LogP contribution in [0, 0.1) is 21.4 Å². The third-order valence-electron chi connectivity index (χ3n) is 16.9. The zero-order chi connectivity index (χ0) is 52.8. The highest BCUT2D eigenvalue weighted by Crippen LogP contribution is 2.53. The van der Waals surface area contributed by atoms with Crippen LogP contribution in [0.4, 0.5) is 17.1 Å². The van der Waals surface area contributed by atoms with Crippen molar-refractivity contribution in [1.29, 1.82) is 0 Å². The number of nitrogens with one attached hydrogen (secondary N) is 3. The second kappa shape index (κ2) is 21.1. The van der Waals surface area contributed by atoms with Crippen LogP contribution >= 0.6 is 0 Å². The molecule has 4 N–H and O–H groups in total. The third kappa shape index (κ3) is 11.3. The second-order valence-corrected chi connectivity index (χ2v) is 24.5. The molecule has 4 heterocycles. The van der Waals surface area contributed by atoms with Gasteiger partial charge >= 0.3 is 0 Å². The number of para-hydroxylation sites is 1. The van der Waals surface area contributed by atoms with Gasteiger partial charge < -0.3 is 29.8 Å². The molecule has 2 aromatic heterocycles. The lowest BCUT2D eigenvalue weighted by Gasteiger charge is -2.58. The Hall–Kier alpha value is -6.53. The summed E-state index contributed by atoms with van der Waals surface area (Å²) in [6, 6.07) is 30.8. The van der Waals surface area contributed by atoms with Crippen molar-refractivity contribution in [2.45, 2.75) is 126 Å². The van der Waals surface area contributed by atoms with Gasteiger partial charge in [-0.15, -0.1) is 0 Å². The number of fused-ring (bicyclic) bond motifs is 1. The third-order valence-corrected chi connectivity index (χ3v) is 18.3. The molecule has 16 nitrogen and oxygen atoms in total. The van der Waals surface area contributed by atoms with Crippen molar-refractivity contribution < 1.29 is 32.7 Å². The number of amides is 1. The fourth-order valence-corrected chi connectivity index (χ4v) is 13.3. The zero-order valence-electron chi connectivity index (χ0n) is 43.7. The zero-order valence-corrected chi connectivity index (χ0v) is 44.6. The first-order chi connectivity index (χ1) is 36.6. The number of pyridine rings is 1. The van der Waals surface area contributed by atoms with Crippen LogP contribution < -0.4 is 24.4 Å². The first kappa shape index (κ1) is 51.6. The molecule has 5 fully saturated rings. The van der Waals surface area contributed by atoms with Gasteiger partial charge in [-0.2, -0.15) is 0 Å². The highest BCUT2D eigenvalue weighted by atomic mass is 32.2. The molecule has 400 valence electrons.